The molecule has 2 aromatic carbocycles. The highest BCUT2D eigenvalue weighted by Gasteiger charge is 2.33. The number of amidine groups is 1. The van der Waals surface area contributed by atoms with Gasteiger partial charge in [0.25, 0.3) is 0 Å². The summed E-state index contributed by atoms with van der Waals surface area (Å²) < 4.78 is 5.30. The lowest BCUT2D eigenvalue weighted by molar-refractivity contribution is -0.138. The first kappa shape index (κ1) is 16.3. The zero-order valence-electron chi connectivity index (χ0n) is 13.3. The largest absolute Gasteiger partial charge is 0.463 e. The number of benzene rings is 2. The topological polar surface area (TPSA) is 64.7 Å². The van der Waals surface area contributed by atoms with Crippen molar-refractivity contribution >= 4 is 28.6 Å². The summed E-state index contributed by atoms with van der Waals surface area (Å²) in [7, 11) is 0. The molecule has 5 heteroatoms. The van der Waals surface area contributed by atoms with E-state index in [1.54, 1.807) is 6.92 Å². The second kappa shape index (κ2) is 7.36. The molecular weight excluding hydrogens is 320 g/mol. The third-order valence-corrected chi connectivity index (χ3v) is 4.70. The van der Waals surface area contributed by atoms with Gasteiger partial charge in [-0.15, -0.1) is 0 Å². The summed E-state index contributed by atoms with van der Waals surface area (Å²) in [5.41, 5.74) is 9.02. The highest BCUT2D eigenvalue weighted by Crippen LogP contribution is 2.44. The van der Waals surface area contributed by atoms with Crippen LogP contribution in [0.1, 0.15) is 23.3 Å². The fourth-order valence-electron chi connectivity index (χ4n) is 2.59. The quantitative estimate of drug-likeness (QED) is 0.862. The first-order valence-corrected chi connectivity index (χ1v) is 8.61. The summed E-state index contributed by atoms with van der Waals surface area (Å²) in [5, 5.41) is 0.203. The van der Waals surface area contributed by atoms with Gasteiger partial charge >= 0.3 is 5.97 Å². The van der Waals surface area contributed by atoms with Gasteiger partial charge in [0, 0.05) is 5.56 Å². The SMILES string of the molecule is CCOC(=O)C1=C(c2ccccc2)N=C(N)SC1c1ccccc1. The third kappa shape index (κ3) is 3.36. The van der Waals surface area contributed by atoms with Crippen LogP contribution in [0, 0.1) is 0 Å². The Labute approximate surface area is 145 Å². The molecule has 1 heterocycles. The molecule has 0 aromatic heterocycles. The standard InChI is InChI=1S/C19H18N2O2S/c1-2-23-18(22)15-16(13-9-5-3-6-10-13)21-19(20)24-17(15)14-11-7-4-8-12-14/h3-12,17H,2H2,1H3,(H2,20,21). The summed E-state index contributed by atoms with van der Waals surface area (Å²) in [4.78, 5) is 17.1. The molecule has 0 saturated heterocycles. The number of thioether (sulfide) groups is 1. The number of rotatable bonds is 4. The molecule has 122 valence electrons. The van der Waals surface area contributed by atoms with Crippen molar-refractivity contribution in [1.82, 2.24) is 0 Å². The van der Waals surface area contributed by atoms with Gasteiger partial charge in [-0.1, -0.05) is 72.4 Å². The van der Waals surface area contributed by atoms with Crippen LogP contribution in [0.3, 0.4) is 0 Å². The van der Waals surface area contributed by atoms with Gasteiger partial charge in [-0.3, -0.25) is 0 Å². The lowest BCUT2D eigenvalue weighted by Gasteiger charge is -2.25. The van der Waals surface area contributed by atoms with Crippen molar-refractivity contribution in [2.24, 2.45) is 10.7 Å². The van der Waals surface area contributed by atoms with Crippen molar-refractivity contribution in [1.29, 1.82) is 0 Å². The zero-order chi connectivity index (χ0) is 16.9. The van der Waals surface area contributed by atoms with Crippen LogP contribution in [0.5, 0.6) is 0 Å². The molecule has 2 aromatic rings. The fourth-order valence-corrected chi connectivity index (χ4v) is 3.60. The zero-order valence-corrected chi connectivity index (χ0v) is 14.1. The van der Waals surface area contributed by atoms with Gasteiger partial charge in [-0.2, -0.15) is 0 Å². The highest BCUT2D eigenvalue weighted by molar-refractivity contribution is 8.14. The Morgan fingerprint density at radius 1 is 1.12 bits per heavy atom. The molecular formula is C19H18N2O2S. The van der Waals surface area contributed by atoms with Crippen LogP contribution in [-0.4, -0.2) is 17.7 Å². The lowest BCUT2D eigenvalue weighted by atomic mass is 9.99. The van der Waals surface area contributed by atoms with Crippen molar-refractivity contribution in [3.05, 3.63) is 77.4 Å². The number of nitrogens with zero attached hydrogens (tertiary/aromatic N) is 1. The Bertz CT molecular complexity index is 786. The van der Waals surface area contributed by atoms with E-state index in [0.29, 0.717) is 23.0 Å². The molecule has 0 aliphatic carbocycles. The number of aliphatic imine (C=N–C) groups is 1. The minimum Gasteiger partial charge on any atom is -0.463 e. The van der Waals surface area contributed by atoms with Gasteiger partial charge < -0.3 is 10.5 Å². The molecule has 0 saturated carbocycles. The average Bonchev–Trinajstić information content (AvgIpc) is 2.62. The van der Waals surface area contributed by atoms with E-state index in [0.717, 1.165) is 11.1 Å². The molecule has 24 heavy (non-hydrogen) atoms. The lowest BCUT2D eigenvalue weighted by Crippen LogP contribution is -2.22. The molecule has 1 unspecified atom stereocenters. The predicted molar refractivity (Wildman–Crippen MR) is 98.4 cm³/mol. The van der Waals surface area contributed by atoms with Crippen molar-refractivity contribution < 1.29 is 9.53 Å². The summed E-state index contributed by atoms with van der Waals surface area (Å²) in [5.74, 6) is -0.353. The Morgan fingerprint density at radius 2 is 1.75 bits per heavy atom. The summed E-state index contributed by atoms with van der Waals surface area (Å²) in [6, 6.07) is 19.4. The Hall–Kier alpha value is -2.53. The van der Waals surface area contributed by atoms with Crippen LogP contribution in [-0.2, 0) is 9.53 Å². The van der Waals surface area contributed by atoms with E-state index in [2.05, 4.69) is 4.99 Å². The molecule has 0 radical (unpaired) electrons. The molecule has 0 fully saturated rings. The first-order valence-electron chi connectivity index (χ1n) is 7.73. The number of esters is 1. The van der Waals surface area contributed by atoms with Crippen LogP contribution in [0.15, 0.2) is 71.2 Å². The Morgan fingerprint density at radius 3 is 2.38 bits per heavy atom. The second-order valence-electron chi connectivity index (χ2n) is 5.21. The number of hydrogen-bond donors (Lipinski definition) is 1. The molecule has 2 N–H and O–H groups in total. The van der Waals surface area contributed by atoms with E-state index < -0.39 is 0 Å². The molecule has 0 amide bonds. The maximum Gasteiger partial charge on any atom is 0.337 e. The fraction of sp³-hybridized carbons (Fsp3) is 0.158. The number of hydrogen-bond acceptors (Lipinski definition) is 5. The van der Waals surface area contributed by atoms with Crippen molar-refractivity contribution in [3.63, 3.8) is 0 Å². The summed E-state index contributed by atoms with van der Waals surface area (Å²) >= 11 is 1.37. The van der Waals surface area contributed by atoms with Crippen LogP contribution < -0.4 is 5.73 Å². The van der Waals surface area contributed by atoms with Gasteiger partial charge in [-0.25, -0.2) is 9.79 Å². The second-order valence-corrected chi connectivity index (χ2v) is 6.33. The van der Waals surface area contributed by atoms with E-state index in [4.69, 9.17) is 10.5 Å². The van der Waals surface area contributed by atoms with Gasteiger partial charge in [0.15, 0.2) is 5.17 Å². The number of carbonyl (C=O) groups excluding carboxylic acids is 1. The van der Waals surface area contributed by atoms with E-state index in [-0.39, 0.29) is 11.2 Å². The van der Waals surface area contributed by atoms with Crippen LogP contribution >= 0.6 is 11.8 Å². The Kier molecular flexibility index (Phi) is 5.01. The van der Waals surface area contributed by atoms with Gasteiger partial charge in [0.2, 0.25) is 0 Å². The van der Waals surface area contributed by atoms with Crippen LogP contribution in [0.2, 0.25) is 0 Å². The van der Waals surface area contributed by atoms with Crippen LogP contribution in [0.25, 0.3) is 5.70 Å². The maximum atomic E-state index is 12.7. The third-order valence-electron chi connectivity index (χ3n) is 3.62. The average molecular weight is 338 g/mol. The highest BCUT2D eigenvalue weighted by atomic mass is 32.2. The first-order chi connectivity index (χ1) is 11.7. The van der Waals surface area contributed by atoms with E-state index in [9.17, 15) is 4.79 Å². The van der Waals surface area contributed by atoms with Crippen molar-refractivity contribution in [2.75, 3.05) is 6.61 Å². The monoisotopic (exact) mass is 338 g/mol. The summed E-state index contributed by atoms with van der Waals surface area (Å²) in [6.07, 6.45) is 0. The van der Waals surface area contributed by atoms with Crippen molar-refractivity contribution in [2.45, 2.75) is 12.2 Å². The minimum atomic E-state index is -0.353. The van der Waals surface area contributed by atoms with Crippen LogP contribution in [0.4, 0.5) is 0 Å². The smallest absolute Gasteiger partial charge is 0.337 e. The normalized spacial score (nSPS) is 17.4. The summed E-state index contributed by atoms with van der Waals surface area (Å²) in [6.45, 7) is 2.11. The Balaban J connectivity index is 2.18. The number of carbonyl (C=O) groups is 1. The van der Waals surface area contributed by atoms with E-state index >= 15 is 0 Å². The molecule has 1 aliphatic rings. The van der Waals surface area contributed by atoms with Gasteiger partial charge in [-0.05, 0) is 12.5 Å². The number of nitrogens with two attached hydrogens (primary N) is 1. The molecule has 3 rings (SSSR count). The van der Waals surface area contributed by atoms with E-state index in [1.165, 1.54) is 11.8 Å². The minimum absolute atomic E-state index is 0.238. The van der Waals surface area contributed by atoms with Gasteiger partial charge in [0.05, 0.1) is 23.1 Å². The van der Waals surface area contributed by atoms with Gasteiger partial charge in [0.1, 0.15) is 0 Å². The molecule has 1 aliphatic heterocycles. The molecule has 0 bridgehead atoms. The predicted octanol–water partition coefficient (Wildman–Crippen LogP) is 3.76. The van der Waals surface area contributed by atoms with Crippen molar-refractivity contribution in [3.8, 4) is 0 Å². The molecule has 0 spiro atoms. The van der Waals surface area contributed by atoms with E-state index in [1.807, 2.05) is 60.7 Å². The molecule has 4 nitrogen and oxygen atoms in total. The molecule has 1 atom stereocenters. The number of ether oxygens (including phenoxy) is 1. The maximum absolute atomic E-state index is 12.7.